The van der Waals surface area contributed by atoms with Crippen molar-refractivity contribution in [3.05, 3.63) is 77.8 Å². The summed E-state index contributed by atoms with van der Waals surface area (Å²) >= 11 is 0. The SMILES string of the molecule is O=C(Cc1ccccc1)NNC(=O)c1cc(-c2cccc(F)c2)no1. The summed E-state index contributed by atoms with van der Waals surface area (Å²) in [5, 5.41) is 3.73. The fraction of sp³-hybridized carbons (Fsp3) is 0.0556. The van der Waals surface area contributed by atoms with Crippen LogP contribution in [0.5, 0.6) is 0 Å². The third-order valence-electron chi connectivity index (χ3n) is 3.38. The van der Waals surface area contributed by atoms with Gasteiger partial charge in [-0.05, 0) is 17.7 Å². The smallest absolute Gasteiger partial charge is 0.308 e. The Bertz CT molecular complexity index is 893. The Balaban J connectivity index is 1.58. The van der Waals surface area contributed by atoms with Crippen LogP contribution in [0.1, 0.15) is 16.1 Å². The van der Waals surface area contributed by atoms with Crippen molar-refractivity contribution in [1.29, 1.82) is 0 Å². The summed E-state index contributed by atoms with van der Waals surface area (Å²) in [5.74, 6) is -1.54. The molecule has 0 radical (unpaired) electrons. The average Bonchev–Trinajstić information content (AvgIpc) is 3.11. The van der Waals surface area contributed by atoms with Gasteiger partial charge >= 0.3 is 5.91 Å². The van der Waals surface area contributed by atoms with Crippen molar-refractivity contribution in [1.82, 2.24) is 16.0 Å². The molecule has 0 fully saturated rings. The minimum atomic E-state index is -0.656. The van der Waals surface area contributed by atoms with Gasteiger partial charge in [0.1, 0.15) is 11.5 Å². The number of benzene rings is 2. The molecular weight excluding hydrogens is 325 g/mol. The van der Waals surface area contributed by atoms with E-state index < -0.39 is 11.7 Å². The molecule has 2 aromatic carbocycles. The highest BCUT2D eigenvalue weighted by molar-refractivity contribution is 5.93. The molecule has 0 spiro atoms. The second-order valence-electron chi connectivity index (χ2n) is 5.25. The van der Waals surface area contributed by atoms with E-state index in [0.29, 0.717) is 11.3 Å². The van der Waals surface area contributed by atoms with Crippen molar-refractivity contribution in [3.63, 3.8) is 0 Å². The number of rotatable bonds is 4. The Morgan fingerprint density at radius 2 is 1.80 bits per heavy atom. The van der Waals surface area contributed by atoms with Gasteiger partial charge in [0.15, 0.2) is 0 Å². The Morgan fingerprint density at radius 1 is 1.00 bits per heavy atom. The minimum absolute atomic E-state index is 0.0979. The zero-order valence-corrected chi connectivity index (χ0v) is 13.0. The summed E-state index contributed by atoms with van der Waals surface area (Å²) in [7, 11) is 0. The Morgan fingerprint density at radius 3 is 2.56 bits per heavy atom. The van der Waals surface area contributed by atoms with Gasteiger partial charge in [-0.15, -0.1) is 0 Å². The van der Waals surface area contributed by atoms with Gasteiger partial charge in [-0.2, -0.15) is 0 Å². The highest BCUT2D eigenvalue weighted by atomic mass is 19.1. The Kier molecular flexibility index (Phi) is 4.84. The van der Waals surface area contributed by atoms with E-state index in [1.54, 1.807) is 6.07 Å². The lowest BCUT2D eigenvalue weighted by Crippen LogP contribution is -2.42. The maximum atomic E-state index is 13.2. The normalized spacial score (nSPS) is 10.3. The lowest BCUT2D eigenvalue weighted by Gasteiger charge is -2.05. The molecule has 0 aliphatic carbocycles. The zero-order chi connectivity index (χ0) is 17.6. The molecule has 2 N–H and O–H groups in total. The molecule has 0 aliphatic heterocycles. The molecule has 3 rings (SSSR count). The van der Waals surface area contributed by atoms with Crippen molar-refractivity contribution >= 4 is 11.8 Å². The van der Waals surface area contributed by atoms with Crippen LogP contribution in [0.15, 0.2) is 65.2 Å². The maximum absolute atomic E-state index is 13.2. The lowest BCUT2D eigenvalue weighted by molar-refractivity contribution is -0.121. The molecule has 6 nitrogen and oxygen atoms in total. The standard InChI is InChI=1S/C18H14FN3O3/c19-14-8-4-7-13(10-14)15-11-16(25-22-15)18(24)21-20-17(23)9-12-5-2-1-3-6-12/h1-8,10-11H,9H2,(H,20,23)(H,21,24). The van der Waals surface area contributed by atoms with Crippen LogP contribution < -0.4 is 10.9 Å². The first-order chi connectivity index (χ1) is 12.1. The molecule has 0 saturated heterocycles. The van der Waals surface area contributed by atoms with Crippen molar-refractivity contribution < 1.29 is 18.5 Å². The topological polar surface area (TPSA) is 84.2 Å². The predicted octanol–water partition coefficient (Wildman–Crippen LogP) is 2.48. The Hall–Kier alpha value is -3.48. The van der Waals surface area contributed by atoms with Crippen molar-refractivity contribution in [3.8, 4) is 11.3 Å². The number of hydrogen-bond acceptors (Lipinski definition) is 4. The van der Waals surface area contributed by atoms with Crippen molar-refractivity contribution in [2.24, 2.45) is 0 Å². The van der Waals surface area contributed by atoms with E-state index in [4.69, 9.17) is 4.52 Å². The summed E-state index contributed by atoms with van der Waals surface area (Å²) in [4.78, 5) is 23.8. The van der Waals surface area contributed by atoms with E-state index in [1.165, 1.54) is 24.3 Å². The number of carbonyl (C=O) groups is 2. The van der Waals surface area contributed by atoms with Gasteiger partial charge < -0.3 is 4.52 Å². The number of nitrogens with zero attached hydrogens (tertiary/aromatic N) is 1. The van der Waals surface area contributed by atoms with E-state index in [2.05, 4.69) is 16.0 Å². The number of amides is 2. The third kappa shape index (κ3) is 4.29. The van der Waals surface area contributed by atoms with Gasteiger partial charge in [0.2, 0.25) is 11.7 Å². The van der Waals surface area contributed by atoms with Crippen molar-refractivity contribution in [2.45, 2.75) is 6.42 Å². The van der Waals surface area contributed by atoms with Crippen LogP contribution in [-0.4, -0.2) is 17.0 Å². The number of hydrogen-bond donors (Lipinski definition) is 2. The van der Waals surface area contributed by atoms with Gasteiger partial charge in [0, 0.05) is 11.6 Å². The molecule has 0 saturated carbocycles. The molecule has 0 bridgehead atoms. The summed E-state index contributed by atoms with van der Waals surface area (Å²) < 4.78 is 18.2. The van der Waals surface area contributed by atoms with Crippen LogP contribution in [0.4, 0.5) is 4.39 Å². The number of nitrogens with one attached hydrogen (secondary N) is 2. The molecular formula is C18H14FN3O3. The molecule has 25 heavy (non-hydrogen) atoms. The molecule has 0 unspecified atom stereocenters. The van der Waals surface area contributed by atoms with E-state index in [1.807, 2.05) is 30.3 Å². The quantitative estimate of drug-likeness (QED) is 0.715. The summed E-state index contributed by atoms with van der Waals surface area (Å²) in [6.45, 7) is 0. The fourth-order valence-electron chi connectivity index (χ4n) is 2.18. The van der Waals surface area contributed by atoms with Crippen LogP contribution in [-0.2, 0) is 11.2 Å². The van der Waals surface area contributed by atoms with Gasteiger partial charge in [-0.25, -0.2) is 4.39 Å². The number of hydrazine groups is 1. The lowest BCUT2D eigenvalue weighted by atomic mass is 10.1. The maximum Gasteiger partial charge on any atom is 0.308 e. The summed E-state index contributed by atoms with van der Waals surface area (Å²) in [6.07, 6.45) is 0.131. The summed E-state index contributed by atoms with van der Waals surface area (Å²) in [5.41, 5.74) is 6.17. The van der Waals surface area contributed by atoms with Crippen molar-refractivity contribution in [2.75, 3.05) is 0 Å². The first-order valence-electron chi connectivity index (χ1n) is 7.47. The molecule has 3 aromatic rings. The van der Waals surface area contributed by atoms with Crippen LogP contribution in [0.25, 0.3) is 11.3 Å². The zero-order valence-electron chi connectivity index (χ0n) is 13.0. The fourth-order valence-corrected chi connectivity index (χ4v) is 2.18. The van der Waals surface area contributed by atoms with Gasteiger partial charge in [0.25, 0.3) is 0 Å². The molecule has 0 atom stereocenters. The van der Waals surface area contributed by atoms with Crippen LogP contribution in [0.3, 0.4) is 0 Å². The van der Waals surface area contributed by atoms with E-state index in [9.17, 15) is 14.0 Å². The Labute approximate surface area is 142 Å². The molecule has 126 valence electrons. The number of carbonyl (C=O) groups excluding carboxylic acids is 2. The average molecular weight is 339 g/mol. The first kappa shape index (κ1) is 16.4. The second kappa shape index (κ2) is 7.39. The largest absolute Gasteiger partial charge is 0.350 e. The van der Waals surface area contributed by atoms with E-state index in [-0.39, 0.29) is 18.1 Å². The highest BCUT2D eigenvalue weighted by Gasteiger charge is 2.15. The minimum Gasteiger partial charge on any atom is -0.350 e. The highest BCUT2D eigenvalue weighted by Crippen LogP contribution is 2.19. The van der Waals surface area contributed by atoms with Crippen LogP contribution in [0, 0.1) is 5.82 Å². The molecule has 2 amide bonds. The van der Waals surface area contributed by atoms with E-state index in [0.717, 1.165) is 5.56 Å². The van der Waals surface area contributed by atoms with Gasteiger partial charge in [0.05, 0.1) is 6.42 Å². The molecule has 7 heteroatoms. The second-order valence-corrected chi connectivity index (χ2v) is 5.25. The third-order valence-corrected chi connectivity index (χ3v) is 3.38. The van der Waals surface area contributed by atoms with E-state index >= 15 is 0 Å². The monoisotopic (exact) mass is 339 g/mol. The first-order valence-corrected chi connectivity index (χ1v) is 7.47. The van der Waals surface area contributed by atoms with Crippen LogP contribution in [0.2, 0.25) is 0 Å². The number of aromatic nitrogens is 1. The molecule has 1 heterocycles. The van der Waals surface area contributed by atoms with Crippen LogP contribution >= 0.6 is 0 Å². The molecule has 0 aliphatic rings. The molecule has 1 aromatic heterocycles. The summed E-state index contributed by atoms with van der Waals surface area (Å²) in [6, 6.07) is 16.2. The number of halogens is 1. The predicted molar refractivity (Wildman–Crippen MR) is 87.7 cm³/mol. The van der Waals surface area contributed by atoms with Gasteiger partial charge in [-0.1, -0.05) is 47.6 Å². The van der Waals surface area contributed by atoms with Gasteiger partial charge in [-0.3, -0.25) is 20.4 Å².